The van der Waals surface area contributed by atoms with E-state index < -0.39 is 0 Å². The van der Waals surface area contributed by atoms with Gasteiger partial charge in [-0.05, 0) is 56.6 Å². The number of hydrogen-bond acceptors (Lipinski definition) is 6. The third kappa shape index (κ3) is 4.35. The van der Waals surface area contributed by atoms with Crippen LogP contribution < -0.4 is 5.32 Å². The molecular formula is C23H29N5O3. The molecule has 8 nitrogen and oxygen atoms in total. The van der Waals surface area contributed by atoms with Crippen LogP contribution in [-0.4, -0.2) is 57.9 Å². The molecule has 0 bridgehead atoms. The predicted octanol–water partition coefficient (Wildman–Crippen LogP) is 2.78. The number of piperidine rings is 1. The Labute approximate surface area is 182 Å². The summed E-state index contributed by atoms with van der Waals surface area (Å²) in [4.78, 5) is 33.9. The molecule has 0 radical (unpaired) electrons. The zero-order valence-electron chi connectivity index (χ0n) is 17.9. The van der Waals surface area contributed by atoms with Gasteiger partial charge in [-0.1, -0.05) is 23.4 Å². The Kier molecular flexibility index (Phi) is 5.25. The van der Waals surface area contributed by atoms with Crippen molar-refractivity contribution in [2.24, 2.45) is 11.3 Å². The number of para-hydroxylation sites is 1. The van der Waals surface area contributed by atoms with Crippen LogP contribution in [0.4, 0.5) is 5.69 Å². The fourth-order valence-corrected chi connectivity index (χ4v) is 5.06. The minimum atomic E-state index is -0.0755. The number of rotatable bonds is 5. The van der Waals surface area contributed by atoms with Crippen molar-refractivity contribution in [1.29, 1.82) is 0 Å². The molecule has 3 heterocycles. The number of anilines is 1. The van der Waals surface area contributed by atoms with E-state index in [1.807, 2.05) is 42.2 Å². The van der Waals surface area contributed by atoms with Crippen LogP contribution in [0.25, 0.3) is 0 Å². The SMILES string of the molecule is Cc1noc(C2CC3(CCN(C(=O)C4CC4)CC3)CN2CC(=O)Nc2ccccc2)n1. The van der Waals surface area contributed by atoms with E-state index in [-0.39, 0.29) is 29.8 Å². The Balaban J connectivity index is 1.28. The van der Waals surface area contributed by atoms with Gasteiger partial charge in [-0.3, -0.25) is 14.5 Å². The standard InChI is InChI=1S/C23H29N5O3/c1-16-24-21(31-26-16)19-13-23(9-11-27(12-10-23)22(30)17-7-8-17)15-28(19)14-20(29)25-18-5-3-2-4-6-18/h2-6,17,19H,7-15H2,1H3,(H,25,29). The molecule has 31 heavy (non-hydrogen) atoms. The first-order valence-corrected chi connectivity index (χ1v) is 11.2. The molecule has 1 aromatic heterocycles. The van der Waals surface area contributed by atoms with Gasteiger partial charge in [0, 0.05) is 31.2 Å². The van der Waals surface area contributed by atoms with Crippen molar-refractivity contribution >= 4 is 17.5 Å². The zero-order chi connectivity index (χ0) is 21.4. The highest BCUT2D eigenvalue weighted by atomic mass is 16.5. The average molecular weight is 424 g/mol. The number of carbonyl (C=O) groups is 2. The first-order valence-electron chi connectivity index (χ1n) is 11.2. The highest BCUT2D eigenvalue weighted by Crippen LogP contribution is 2.49. The van der Waals surface area contributed by atoms with Crippen molar-refractivity contribution in [3.8, 4) is 0 Å². The summed E-state index contributed by atoms with van der Waals surface area (Å²) in [7, 11) is 0. The number of carbonyl (C=O) groups excluding carboxylic acids is 2. The molecule has 5 rings (SSSR count). The van der Waals surface area contributed by atoms with Gasteiger partial charge in [0.25, 0.3) is 0 Å². The quantitative estimate of drug-likeness (QED) is 0.795. The number of aryl methyl sites for hydroxylation is 1. The lowest BCUT2D eigenvalue weighted by Crippen LogP contribution is -2.45. The van der Waals surface area contributed by atoms with Gasteiger partial charge in [0.2, 0.25) is 17.7 Å². The molecule has 164 valence electrons. The van der Waals surface area contributed by atoms with Crippen LogP contribution in [0.5, 0.6) is 0 Å². The van der Waals surface area contributed by atoms with E-state index in [1.54, 1.807) is 0 Å². The van der Waals surface area contributed by atoms with Crippen LogP contribution in [0.3, 0.4) is 0 Å². The minimum Gasteiger partial charge on any atom is -0.342 e. The molecule has 1 saturated carbocycles. The van der Waals surface area contributed by atoms with Gasteiger partial charge in [-0.15, -0.1) is 0 Å². The smallest absolute Gasteiger partial charge is 0.244 e. The maximum atomic E-state index is 12.8. The monoisotopic (exact) mass is 423 g/mol. The molecule has 2 aliphatic heterocycles. The molecular weight excluding hydrogens is 394 g/mol. The van der Waals surface area contributed by atoms with Gasteiger partial charge in [-0.2, -0.15) is 4.98 Å². The molecule has 1 spiro atoms. The average Bonchev–Trinajstić information content (AvgIpc) is 3.44. The molecule has 3 aliphatic rings. The van der Waals surface area contributed by atoms with Crippen LogP contribution in [0.15, 0.2) is 34.9 Å². The number of aromatic nitrogens is 2. The van der Waals surface area contributed by atoms with Crippen molar-refractivity contribution < 1.29 is 14.1 Å². The second kappa shape index (κ2) is 8.07. The molecule has 2 amide bonds. The number of likely N-dealkylation sites (tertiary alicyclic amines) is 2. The van der Waals surface area contributed by atoms with Crippen LogP contribution in [0.2, 0.25) is 0 Å². The molecule has 1 aromatic carbocycles. The second-order valence-electron chi connectivity index (χ2n) is 9.32. The van der Waals surface area contributed by atoms with Gasteiger partial charge >= 0.3 is 0 Å². The lowest BCUT2D eigenvalue weighted by molar-refractivity contribution is -0.134. The van der Waals surface area contributed by atoms with Crippen molar-refractivity contribution in [2.45, 2.75) is 45.1 Å². The highest BCUT2D eigenvalue weighted by Gasteiger charge is 2.49. The largest absolute Gasteiger partial charge is 0.342 e. The number of amides is 2. The summed E-state index contributed by atoms with van der Waals surface area (Å²) in [6.45, 7) is 4.48. The third-order valence-corrected chi connectivity index (χ3v) is 6.90. The number of hydrogen-bond donors (Lipinski definition) is 1. The van der Waals surface area contributed by atoms with Crippen LogP contribution >= 0.6 is 0 Å². The molecule has 1 aliphatic carbocycles. The normalized spacial score (nSPS) is 23.3. The molecule has 1 N–H and O–H groups in total. The van der Waals surface area contributed by atoms with E-state index in [0.717, 1.165) is 57.4 Å². The molecule has 1 atom stereocenters. The Hall–Kier alpha value is -2.74. The molecule has 3 fully saturated rings. The lowest BCUT2D eigenvalue weighted by atomic mass is 9.76. The van der Waals surface area contributed by atoms with Crippen LogP contribution in [0, 0.1) is 18.3 Å². The predicted molar refractivity (Wildman–Crippen MR) is 114 cm³/mol. The van der Waals surface area contributed by atoms with Crippen LogP contribution in [0.1, 0.15) is 49.9 Å². The van der Waals surface area contributed by atoms with Gasteiger partial charge in [0.1, 0.15) is 0 Å². The Morgan fingerprint density at radius 3 is 2.58 bits per heavy atom. The van der Waals surface area contributed by atoms with Crippen molar-refractivity contribution in [1.82, 2.24) is 19.9 Å². The number of nitrogens with one attached hydrogen (secondary N) is 1. The van der Waals surface area contributed by atoms with E-state index in [9.17, 15) is 9.59 Å². The van der Waals surface area contributed by atoms with Gasteiger partial charge < -0.3 is 14.7 Å². The maximum Gasteiger partial charge on any atom is 0.244 e. The zero-order valence-corrected chi connectivity index (χ0v) is 17.9. The first-order chi connectivity index (χ1) is 15.0. The summed E-state index contributed by atoms with van der Waals surface area (Å²) in [5, 5.41) is 6.95. The van der Waals surface area contributed by atoms with E-state index in [1.165, 1.54) is 0 Å². The minimum absolute atomic E-state index is 0.0502. The maximum absolute atomic E-state index is 12.8. The van der Waals surface area contributed by atoms with Crippen molar-refractivity contribution in [3.05, 3.63) is 42.0 Å². The summed E-state index contributed by atoms with van der Waals surface area (Å²) in [6.07, 6.45) is 4.86. The van der Waals surface area contributed by atoms with Gasteiger partial charge in [0.05, 0.1) is 12.6 Å². The lowest BCUT2D eigenvalue weighted by Gasteiger charge is -2.39. The summed E-state index contributed by atoms with van der Waals surface area (Å²) in [5.74, 6) is 1.74. The fourth-order valence-electron chi connectivity index (χ4n) is 5.06. The summed E-state index contributed by atoms with van der Waals surface area (Å²) in [5.41, 5.74) is 0.860. The molecule has 2 saturated heterocycles. The summed E-state index contributed by atoms with van der Waals surface area (Å²) in [6, 6.07) is 9.42. The van der Waals surface area contributed by atoms with E-state index in [4.69, 9.17) is 4.52 Å². The van der Waals surface area contributed by atoms with Gasteiger partial charge in [-0.25, -0.2) is 0 Å². The van der Waals surface area contributed by atoms with E-state index >= 15 is 0 Å². The second-order valence-corrected chi connectivity index (χ2v) is 9.32. The topological polar surface area (TPSA) is 91.6 Å². The number of nitrogens with zero attached hydrogens (tertiary/aromatic N) is 4. The van der Waals surface area contributed by atoms with Gasteiger partial charge in [0.15, 0.2) is 5.82 Å². The Bertz CT molecular complexity index is 947. The summed E-state index contributed by atoms with van der Waals surface area (Å²) < 4.78 is 5.51. The Morgan fingerprint density at radius 2 is 1.94 bits per heavy atom. The molecule has 1 unspecified atom stereocenters. The Morgan fingerprint density at radius 1 is 1.19 bits per heavy atom. The van der Waals surface area contributed by atoms with E-state index in [2.05, 4.69) is 20.4 Å². The van der Waals surface area contributed by atoms with Crippen molar-refractivity contribution in [3.63, 3.8) is 0 Å². The first kappa shape index (κ1) is 20.2. The van der Waals surface area contributed by atoms with Crippen LogP contribution in [-0.2, 0) is 9.59 Å². The highest BCUT2D eigenvalue weighted by molar-refractivity contribution is 5.92. The number of benzene rings is 1. The van der Waals surface area contributed by atoms with Crippen molar-refractivity contribution in [2.75, 3.05) is 31.5 Å². The van der Waals surface area contributed by atoms with E-state index in [0.29, 0.717) is 17.6 Å². The molecule has 8 heteroatoms. The third-order valence-electron chi connectivity index (χ3n) is 6.90. The summed E-state index contributed by atoms with van der Waals surface area (Å²) >= 11 is 0. The molecule has 2 aromatic rings. The fraction of sp³-hybridized carbons (Fsp3) is 0.565.